The van der Waals surface area contributed by atoms with Gasteiger partial charge in [0.2, 0.25) is 0 Å². The van der Waals surface area contributed by atoms with Crippen molar-refractivity contribution in [3.05, 3.63) is 53.6 Å². The van der Waals surface area contributed by atoms with E-state index in [0.717, 1.165) is 5.65 Å². The van der Waals surface area contributed by atoms with Crippen molar-refractivity contribution in [3.8, 4) is 10.7 Å². The van der Waals surface area contributed by atoms with Crippen LogP contribution in [0, 0.1) is 0 Å². The lowest BCUT2D eigenvalue weighted by atomic mass is 10.0. The van der Waals surface area contributed by atoms with Crippen LogP contribution in [-0.4, -0.2) is 48.9 Å². The van der Waals surface area contributed by atoms with Gasteiger partial charge in [-0.2, -0.15) is 5.10 Å². The molecule has 3 atom stereocenters. The first-order chi connectivity index (χ1) is 15.5. The quantitative estimate of drug-likeness (QED) is 0.489. The number of halogens is 1. The monoisotopic (exact) mass is 455 g/mol. The average Bonchev–Trinajstić information content (AvgIpc) is 3.49. The second-order valence-corrected chi connectivity index (χ2v) is 8.59. The smallest absolute Gasteiger partial charge is 0.275 e. The summed E-state index contributed by atoms with van der Waals surface area (Å²) in [6, 6.07) is 5.18. The maximum atomic E-state index is 13.9. The van der Waals surface area contributed by atoms with Gasteiger partial charge in [0.25, 0.3) is 5.91 Å². The first-order valence-corrected chi connectivity index (χ1v) is 11.1. The predicted octanol–water partition coefficient (Wildman–Crippen LogP) is 2.96. The van der Waals surface area contributed by atoms with Crippen LogP contribution in [0.4, 0.5) is 10.1 Å². The summed E-state index contributed by atoms with van der Waals surface area (Å²) in [5, 5.41) is 9.47. The number of carbonyl (C=O) groups is 1. The van der Waals surface area contributed by atoms with Crippen LogP contribution in [-0.2, 0) is 11.8 Å². The first kappa shape index (κ1) is 20.7. The summed E-state index contributed by atoms with van der Waals surface area (Å²) in [7, 11) is 1.76. The van der Waals surface area contributed by atoms with Crippen LogP contribution in [0.3, 0.4) is 0 Å². The Kier molecular flexibility index (Phi) is 5.45. The van der Waals surface area contributed by atoms with Gasteiger partial charge in [-0.15, -0.1) is 11.3 Å². The Balaban J connectivity index is 1.35. The number of alkyl halides is 1. The first-order valence-electron chi connectivity index (χ1n) is 10.2. The lowest BCUT2D eigenvalue weighted by Gasteiger charge is -2.17. The summed E-state index contributed by atoms with van der Waals surface area (Å²) in [6.45, 7) is -0.0845. The molecule has 0 spiro atoms. The molecule has 3 N–H and O–H groups in total. The lowest BCUT2D eigenvalue weighted by Crippen LogP contribution is -2.32. The number of pyridine rings is 1. The molecule has 0 radical (unpaired) electrons. The third kappa shape index (κ3) is 3.90. The van der Waals surface area contributed by atoms with Gasteiger partial charge in [-0.1, -0.05) is 6.07 Å². The number of anilines is 1. The van der Waals surface area contributed by atoms with Crippen LogP contribution in [0.25, 0.3) is 16.3 Å². The zero-order valence-electron chi connectivity index (χ0n) is 17.3. The molecule has 32 heavy (non-hydrogen) atoms. The molecule has 5 heterocycles. The Labute approximate surface area is 187 Å². The molecule has 4 aromatic rings. The zero-order chi connectivity index (χ0) is 22.2. The minimum atomic E-state index is -1.21. The summed E-state index contributed by atoms with van der Waals surface area (Å²) in [4.78, 5) is 21.9. The maximum Gasteiger partial charge on any atom is 0.275 e. The number of aryl methyl sites for hydroxylation is 1. The van der Waals surface area contributed by atoms with Gasteiger partial charge in [-0.05, 0) is 25.0 Å². The van der Waals surface area contributed by atoms with Crippen LogP contribution in [0.2, 0.25) is 0 Å². The number of nitrogens with one attached hydrogen (secondary N) is 1. The van der Waals surface area contributed by atoms with E-state index in [-0.39, 0.29) is 18.2 Å². The molecule has 11 heteroatoms. The van der Waals surface area contributed by atoms with E-state index in [1.54, 1.807) is 23.3 Å². The van der Waals surface area contributed by atoms with E-state index >= 15 is 0 Å². The topological polar surface area (TPSA) is 112 Å². The SMILES string of the molecule is Cn1ncc(NC(=O)c2csc(-c3cn4ccccc4n3)n2)c1[C@@H]1CC[C@@H](N)[C@H](F)CO1. The predicted molar refractivity (Wildman–Crippen MR) is 118 cm³/mol. The standard InChI is InChI=1S/C21H22FN7O2S/c1-28-19(17-6-5-13(23)12(22)10-31-17)14(8-24-28)26-20(30)16-11-32-21(27-16)15-9-29-7-3-2-4-18(29)25-15/h2-4,7-9,11-13,17H,5-6,10,23H2,1H3,(H,26,30)/t12-,13-,17+/m1/s1. The molecular formula is C21H22FN7O2S. The van der Waals surface area contributed by atoms with Crippen LogP contribution >= 0.6 is 11.3 Å². The third-order valence-corrected chi connectivity index (χ3v) is 6.41. The number of amides is 1. The fourth-order valence-electron chi connectivity index (χ4n) is 3.80. The maximum absolute atomic E-state index is 13.9. The number of aromatic nitrogens is 5. The van der Waals surface area contributed by atoms with E-state index in [9.17, 15) is 9.18 Å². The number of hydrogen-bond acceptors (Lipinski definition) is 7. The van der Waals surface area contributed by atoms with E-state index in [4.69, 9.17) is 10.5 Å². The van der Waals surface area contributed by atoms with E-state index in [2.05, 4.69) is 20.4 Å². The molecule has 4 aromatic heterocycles. The number of nitrogens with two attached hydrogens (primary N) is 1. The molecule has 5 rings (SSSR count). The van der Waals surface area contributed by atoms with Gasteiger partial charge >= 0.3 is 0 Å². The van der Waals surface area contributed by atoms with Gasteiger partial charge < -0.3 is 20.2 Å². The van der Waals surface area contributed by atoms with Crippen LogP contribution in [0.1, 0.15) is 35.1 Å². The fraction of sp³-hybridized carbons (Fsp3) is 0.333. The van der Waals surface area contributed by atoms with E-state index in [1.165, 1.54) is 11.3 Å². The van der Waals surface area contributed by atoms with Crippen molar-refractivity contribution in [2.24, 2.45) is 12.8 Å². The highest BCUT2D eigenvalue weighted by Crippen LogP contribution is 2.33. The van der Waals surface area contributed by atoms with Crippen molar-refractivity contribution in [1.29, 1.82) is 0 Å². The van der Waals surface area contributed by atoms with Crippen molar-refractivity contribution in [1.82, 2.24) is 24.1 Å². The molecule has 1 amide bonds. The largest absolute Gasteiger partial charge is 0.369 e. The fourth-order valence-corrected chi connectivity index (χ4v) is 4.55. The highest BCUT2D eigenvalue weighted by atomic mass is 32.1. The number of imidazole rings is 1. The molecule has 0 aliphatic carbocycles. The molecule has 1 aliphatic rings. The Morgan fingerprint density at radius 3 is 3.06 bits per heavy atom. The minimum Gasteiger partial charge on any atom is -0.369 e. The highest BCUT2D eigenvalue weighted by Gasteiger charge is 2.30. The van der Waals surface area contributed by atoms with Gasteiger partial charge in [0.05, 0.1) is 24.2 Å². The van der Waals surface area contributed by atoms with Crippen molar-refractivity contribution < 1.29 is 13.9 Å². The van der Waals surface area contributed by atoms with Crippen LogP contribution < -0.4 is 11.1 Å². The number of thiazole rings is 1. The normalized spacial score (nSPS) is 21.5. The molecular weight excluding hydrogens is 433 g/mol. The van der Waals surface area contributed by atoms with Gasteiger partial charge in [0.15, 0.2) is 0 Å². The highest BCUT2D eigenvalue weighted by molar-refractivity contribution is 7.13. The van der Waals surface area contributed by atoms with Crippen molar-refractivity contribution >= 4 is 28.6 Å². The number of nitrogens with zero attached hydrogens (tertiary/aromatic N) is 5. The van der Waals surface area contributed by atoms with E-state index in [0.29, 0.717) is 34.9 Å². The molecule has 1 fully saturated rings. The molecule has 9 nitrogen and oxygen atoms in total. The zero-order valence-corrected chi connectivity index (χ0v) is 18.1. The van der Waals surface area contributed by atoms with Gasteiger partial charge in [-0.3, -0.25) is 9.48 Å². The Morgan fingerprint density at radius 1 is 1.34 bits per heavy atom. The van der Waals surface area contributed by atoms with Crippen LogP contribution in [0.5, 0.6) is 0 Å². The van der Waals surface area contributed by atoms with Gasteiger partial charge in [-0.25, -0.2) is 14.4 Å². The average molecular weight is 456 g/mol. The minimum absolute atomic E-state index is 0.0845. The molecule has 0 aromatic carbocycles. The number of carbonyl (C=O) groups excluding carboxylic acids is 1. The Morgan fingerprint density at radius 2 is 2.22 bits per heavy atom. The summed E-state index contributed by atoms with van der Waals surface area (Å²) in [5.41, 5.74) is 8.82. The molecule has 0 saturated carbocycles. The third-order valence-electron chi connectivity index (χ3n) is 5.54. The van der Waals surface area contributed by atoms with Crippen molar-refractivity contribution in [2.75, 3.05) is 11.9 Å². The number of hydrogen-bond donors (Lipinski definition) is 2. The van der Waals surface area contributed by atoms with Crippen molar-refractivity contribution in [3.63, 3.8) is 0 Å². The van der Waals surface area contributed by atoms with E-state index in [1.807, 2.05) is 35.0 Å². The summed E-state index contributed by atoms with van der Waals surface area (Å²) in [5.74, 6) is -0.362. The summed E-state index contributed by atoms with van der Waals surface area (Å²) in [6.07, 6.45) is 4.75. The Hall–Kier alpha value is -3.15. The molecule has 0 unspecified atom stereocenters. The number of rotatable bonds is 4. The molecule has 1 saturated heterocycles. The second-order valence-electron chi connectivity index (χ2n) is 7.73. The summed E-state index contributed by atoms with van der Waals surface area (Å²) >= 11 is 1.35. The van der Waals surface area contributed by atoms with Crippen LogP contribution in [0.15, 0.2) is 42.2 Å². The van der Waals surface area contributed by atoms with Crippen molar-refractivity contribution in [2.45, 2.75) is 31.2 Å². The van der Waals surface area contributed by atoms with Gasteiger partial charge in [0, 0.05) is 30.9 Å². The molecule has 0 bridgehead atoms. The van der Waals surface area contributed by atoms with Gasteiger partial charge in [0.1, 0.15) is 34.3 Å². The number of fused-ring (bicyclic) bond motifs is 1. The second kappa shape index (κ2) is 8.41. The molecule has 166 valence electrons. The number of ether oxygens (including phenoxy) is 1. The summed E-state index contributed by atoms with van der Waals surface area (Å²) < 4.78 is 23.2. The Bertz CT molecular complexity index is 1220. The molecule has 1 aliphatic heterocycles. The lowest BCUT2D eigenvalue weighted by molar-refractivity contribution is 0.0247. The van der Waals surface area contributed by atoms with E-state index < -0.39 is 18.3 Å².